The Bertz CT molecular complexity index is 649. The summed E-state index contributed by atoms with van der Waals surface area (Å²) in [5.41, 5.74) is 1.13. The fraction of sp³-hybridized carbons (Fsp3) is 0.0769. The molecule has 0 saturated carbocycles. The molecule has 2 aromatic rings. The van der Waals surface area contributed by atoms with Gasteiger partial charge in [-0.1, -0.05) is 17.7 Å². The van der Waals surface area contributed by atoms with Crippen LogP contribution in [0.25, 0.3) is 0 Å². The van der Waals surface area contributed by atoms with Gasteiger partial charge in [-0.25, -0.2) is 9.37 Å². The predicted octanol–water partition coefficient (Wildman–Crippen LogP) is 4.20. The number of aromatic nitrogens is 1. The molecule has 0 aliphatic carbocycles. The minimum Gasteiger partial charge on any atom is -0.319 e. The molecule has 0 fully saturated rings. The molecule has 0 aliphatic rings. The lowest BCUT2D eigenvalue weighted by Crippen LogP contribution is -2.14. The smallest absolute Gasteiger partial charge is 0.258 e. The average molecular weight is 344 g/mol. The van der Waals surface area contributed by atoms with Crippen LogP contribution < -0.4 is 5.32 Å². The van der Waals surface area contributed by atoms with Gasteiger partial charge in [-0.2, -0.15) is 0 Å². The van der Waals surface area contributed by atoms with Crippen molar-refractivity contribution in [1.82, 2.24) is 4.98 Å². The molecule has 0 atom stereocenters. The van der Waals surface area contributed by atoms with Crippen molar-refractivity contribution in [2.45, 2.75) is 6.92 Å². The highest BCUT2D eigenvalue weighted by molar-refractivity contribution is 9.10. The fourth-order valence-corrected chi connectivity index (χ4v) is 2.03. The summed E-state index contributed by atoms with van der Waals surface area (Å²) in [4.78, 5) is 15.9. The van der Waals surface area contributed by atoms with E-state index in [0.717, 1.165) is 5.56 Å². The first kappa shape index (κ1) is 14.0. The van der Waals surface area contributed by atoms with Crippen molar-refractivity contribution < 1.29 is 9.18 Å². The van der Waals surface area contributed by atoms with Crippen LogP contribution in [-0.4, -0.2) is 10.9 Å². The topological polar surface area (TPSA) is 42.0 Å². The van der Waals surface area contributed by atoms with Crippen LogP contribution in [0.4, 0.5) is 10.1 Å². The van der Waals surface area contributed by atoms with Crippen LogP contribution in [0.1, 0.15) is 15.9 Å². The third-order valence-corrected chi connectivity index (χ3v) is 3.33. The number of carbonyl (C=O) groups is 1. The lowest BCUT2D eigenvalue weighted by Gasteiger charge is -2.08. The number of benzene rings is 1. The monoisotopic (exact) mass is 342 g/mol. The summed E-state index contributed by atoms with van der Waals surface area (Å²) in [5.74, 6) is -1.19. The van der Waals surface area contributed by atoms with E-state index in [9.17, 15) is 9.18 Å². The van der Waals surface area contributed by atoms with Gasteiger partial charge in [0, 0.05) is 6.20 Å². The Hall–Kier alpha value is -1.46. The van der Waals surface area contributed by atoms with Crippen molar-refractivity contribution in [2.24, 2.45) is 0 Å². The molecule has 0 bridgehead atoms. The van der Waals surface area contributed by atoms with E-state index < -0.39 is 11.7 Å². The highest BCUT2D eigenvalue weighted by atomic mass is 79.9. The normalized spacial score (nSPS) is 10.3. The van der Waals surface area contributed by atoms with Gasteiger partial charge in [0.1, 0.15) is 5.82 Å². The molecule has 1 aromatic heterocycles. The van der Waals surface area contributed by atoms with Gasteiger partial charge >= 0.3 is 0 Å². The van der Waals surface area contributed by atoms with Gasteiger partial charge in [-0.15, -0.1) is 0 Å². The third-order valence-electron chi connectivity index (χ3n) is 2.42. The minimum absolute atomic E-state index is 0.0630. The molecule has 0 radical (unpaired) electrons. The van der Waals surface area contributed by atoms with Gasteiger partial charge in [0.2, 0.25) is 0 Å². The molecular weight excluding hydrogens is 335 g/mol. The van der Waals surface area contributed by atoms with Gasteiger partial charge in [-0.05, 0) is 46.6 Å². The van der Waals surface area contributed by atoms with Crippen molar-refractivity contribution in [3.05, 3.63) is 57.0 Å². The van der Waals surface area contributed by atoms with Gasteiger partial charge in [-0.3, -0.25) is 4.79 Å². The minimum atomic E-state index is -0.614. The van der Waals surface area contributed by atoms with Gasteiger partial charge in [0.25, 0.3) is 5.91 Å². The van der Waals surface area contributed by atoms with Crippen molar-refractivity contribution in [1.29, 1.82) is 0 Å². The van der Waals surface area contributed by atoms with E-state index in [1.54, 1.807) is 18.3 Å². The number of nitrogens with one attached hydrogen (secondary N) is 1. The van der Waals surface area contributed by atoms with Crippen LogP contribution in [-0.2, 0) is 0 Å². The predicted molar refractivity (Wildman–Crippen MR) is 76.0 cm³/mol. The maximum absolute atomic E-state index is 13.8. The largest absolute Gasteiger partial charge is 0.319 e. The van der Waals surface area contributed by atoms with Crippen LogP contribution in [0.2, 0.25) is 5.15 Å². The second kappa shape index (κ2) is 5.67. The lowest BCUT2D eigenvalue weighted by molar-refractivity contribution is 0.102. The van der Waals surface area contributed by atoms with Crippen LogP contribution >= 0.6 is 27.5 Å². The van der Waals surface area contributed by atoms with Gasteiger partial charge in [0.15, 0.2) is 5.15 Å². The Morgan fingerprint density at radius 3 is 2.95 bits per heavy atom. The van der Waals surface area contributed by atoms with Crippen LogP contribution in [0.15, 0.2) is 34.9 Å². The molecule has 1 heterocycles. The van der Waals surface area contributed by atoms with E-state index in [-0.39, 0.29) is 15.2 Å². The second-order valence-corrected chi connectivity index (χ2v) is 5.12. The zero-order valence-electron chi connectivity index (χ0n) is 9.88. The zero-order chi connectivity index (χ0) is 14.0. The standard InChI is InChI=1S/C13H9BrClFN2O/c1-7-5-10(12(15)17-6-7)18-13(19)8-3-2-4-9(14)11(8)16/h2-6H,1H3,(H,18,19). The van der Waals surface area contributed by atoms with Gasteiger partial charge < -0.3 is 5.32 Å². The summed E-state index contributed by atoms with van der Waals surface area (Å²) in [6, 6.07) is 6.17. The first-order chi connectivity index (χ1) is 8.99. The van der Waals surface area contributed by atoms with Crippen molar-refractivity contribution in [2.75, 3.05) is 5.32 Å². The molecule has 1 amide bonds. The summed E-state index contributed by atoms with van der Waals surface area (Å²) in [7, 11) is 0. The molecule has 6 heteroatoms. The number of hydrogen-bond donors (Lipinski definition) is 1. The first-order valence-corrected chi connectivity index (χ1v) is 6.53. The Balaban J connectivity index is 2.31. The number of halogens is 3. The molecule has 98 valence electrons. The van der Waals surface area contributed by atoms with E-state index in [4.69, 9.17) is 11.6 Å². The van der Waals surface area contributed by atoms with E-state index in [1.807, 2.05) is 6.92 Å². The Kier molecular flexibility index (Phi) is 4.17. The number of carbonyl (C=O) groups excluding carboxylic acids is 1. The molecule has 0 spiro atoms. The van der Waals surface area contributed by atoms with Crippen molar-refractivity contribution in [3.8, 4) is 0 Å². The number of nitrogens with zero attached hydrogens (tertiary/aromatic N) is 1. The Morgan fingerprint density at radius 2 is 2.21 bits per heavy atom. The zero-order valence-corrected chi connectivity index (χ0v) is 12.2. The molecule has 0 unspecified atom stereocenters. The molecular formula is C13H9BrClFN2O. The number of amides is 1. The first-order valence-electron chi connectivity index (χ1n) is 5.36. The van der Waals surface area contributed by atoms with Crippen molar-refractivity contribution >= 4 is 39.1 Å². The molecule has 3 nitrogen and oxygen atoms in total. The third kappa shape index (κ3) is 3.11. The quantitative estimate of drug-likeness (QED) is 0.831. The summed E-state index contributed by atoms with van der Waals surface area (Å²) >= 11 is 8.90. The molecule has 1 N–H and O–H groups in total. The van der Waals surface area contributed by atoms with E-state index >= 15 is 0 Å². The SMILES string of the molecule is Cc1cnc(Cl)c(NC(=O)c2cccc(Br)c2F)c1. The number of aryl methyl sites for hydroxylation is 1. The molecule has 19 heavy (non-hydrogen) atoms. The maximum atomic E-state index is 13.8. The Labute approximate surface area is 122 Å². The van der Waals surface area contributed by atoms with Crippen LogP contribution in [0.3, 0.4) is 0 Å². The molecule has 0 saturated heterocycles. The number of hydrogen-bond acceptors (Lipinski definition) is 2. The fourth-order valence-electron chi connectivity index (χ4n) is 1.51. The highest BCUT2D eigenvalue weighted by Crippen LogP contribution is 2.23. The number of rotatable bonds is 2. The van der Waals surface area contributed by atoms with Crippen LogP contribution in [0.5, 0.6) is 0 Å². The lowest BCUT2D eigenvalue weighted by atomic mass is 10.2. The van der Waals surface area contributed by atoms with E-state index in [0.29, 0.717) is 5.69 Å². The number of anilines is 1. The molecule has 0 aliphatic heterocycles. The summed E-state index contributed by atoms with van der Waals surface area (Å²) in [6.07, 6.45) is 1.58. The second-order valence-electron chi connectivity index (χ2n) is 3.91. The van der Waals surface area contributed by atoms with Crippen molar-refractivity contribution in [3.63, 3.8) is 0 Å². The van der Waals surface area contributed by atoms with E-state index in [1.165, 1.54) is 12.1 Å². The van der Waals surface area contributed by atoms with Crippen LogP contribution in [0, 0.1) is 12.7 Å². The average Bonchev–Trinajstić information content (AvgIpc) is 2.37. The molecule has 1 aromatic carbocycles. The summed E-state index contributed by atoms with van der Waals surface area (Å²) in [6.45, 7) is 1.82. The highest BCUT2D eigenvalue weighted by Gasteiger charge is 2.15. The Morgan fingerprint density at radius 1 is 1.47 bits per heavy atom. The summed E-state index contributed by atoms with van der Waals surface area (Å²) < 4.78 is 14.0. The van der Waals surface area contributed by atoms with Gasteiger partial charge in [0.05, 0.1) is 15.7 Å². The molecule has 2 rings (SSSR count). The van der Waals surface area contributed by atoms with E-state index in [2.05, 4.69) is 26.2 Å². The number of pyridine rings is 1. The maximum Gasteiger partial charge on any atom is 0.258 e. The summed E-state index contributed by atoms with van der Waals surface area (Å²) in [5, 5.41) is 2.70.